The first-order valence-electron chi connectivity index (χ1n) is 6.69. The largest absolute Gasteiger partial charge is 0.418 e. The van der Waals surface area contributed by atoms with Crippen LogP contribution in [0.25, 0.3) is 0 Å². The average molecular weight is 288 g/mol. The molecule has 1 aromatic rings. The van der Waals surface area contributed by atoms with Crippen LogP contribution < -0.4 is 11.1 Å². The molecule has 0 saturated carbocycles. The second-order valence-corrected chi connectivity index (χ2v) is 5.18. The molecule has 0 amide bonds. The molecule has 6 heteroatoms. The van der Waals surface area contributed by atoms with Gasteiger partial charge in [-0.3, -0.25) is 0 Å². The van der Waals surface area contributed by atoms with Crippen molar-refractivity contribution in [1.29, 1.82) is 0 Å². The van der Waals surface area contributed by atoms with E-state index in [1.54, 1.807) is 6.07 Å². The van der Waals surface area contributed by atoms with Crippen LogP contribution in [0.5, 0.6) is 0 Å². The zero-order valence-corrected chi connectivity index (χ0v) is 11.3. The minimum absolute atomic E-state index is 0.101. The van der Waals surface area contributed by atoms with E-state index in [1.165, 1.54) is 6.07 Å². The molecule has 1 aromatic carbocycles. The Balaban J connectivity index is 2.09. The fourth-order valence-corrected chi connectivity index (χ4v) is 2.49. The van der Waals surface area contributed by atoms with Crippen LogP contribution in [-0.2, 0) is 10.9 Å². The van der Waals surface area contributed by atoms with Crippen molar-refractivity contribution in [1.82, 2.24) is 0 Å². The number of benzene rings is 1. The summed E-state index contributed by atoms with van der Waals surface area (Å²) in [7, 11) is 0. The molecular formula is C14H19F3N2O. The van der Waals surface area contributed by atoms with Crippen LogP contribution in [0, 0.1) is 5.92 Å². The second kappa shape index (κ2) is 5.91. The van der Waals surface area contributed by atoms with E-state index in [9.17, 15) is 13.2 Å². The molecule has 3 nitrogen and oxygen atoms in total. The van der Waals surface area contributed by atoms with E-state index in [2.05, 4.69) is 5.32 Å². The topological polar surface area (TPSA) is 47.3 Å². The van der Waals surface area contributed by atoms with E-state index < -0.39 is 11.7 Å². The first-order valence-corrected chi connectivity index (χ1v) is 6.69. The molecule has 1 aliphatic heterocycles. The summed E-state index contributed by atoms with van der Waals surface area (Å²) in [5.74, 6) is 0.413. The number of nitrogens with one attached hydrogen (secondary N) is 1. The lowest BCUT2D eigenvalue weighted by Crippen LogP contribution is -2.31. The average Bonchev–Trinajstić information content (AvgIpc) is 2.40. The van der Waals surface area contributed by atoms with Crippen molar-refractivity contribution in [3.05, 3.63) is 23.8 Å². The highest BCUT2D eigenvalue weighted by atomic mass is 19.4. The van der Waals surface area contributed by atoms with Gasteiger partial charge in [-0.2, -0.15) is 13.2 Å². The minimum atomic E-state index is -4.43. The number of rotatable bonds is 3. The van der Waals surface area contributed by atoms with E-state index in [0.29, 0.717) is 24.8 Å². The Morgan fingerprint density at radius 1 is 1.30 bits per heavy atom. The van der Waals surface area contributed by atoms with Crippen LogP contribution in [0.1, 0.15) is 25.3 Å². The van der Waals surface area contributed by atoms with E-state index >= 15 is 0 Å². The van der Waals surface area contributed by atoms with Crippen LogP contribution in [0.4, 0.5) is 24.5 Å². The van der Waals surface area contributed by atoms with E-state index in [1.807, 2.05) is 6.92 Å². The molecule has 2 rings (SSSR count). The third-order valence-electron chi connectivity index (χ3n) is 3.73. The van der Waals surface area contributed by atoms with Crippen LogP contribution >= 0.6 is 0 Å². The highest BCUT2D eigenvalue weighted by Crippen LogP contribution is 2.35. The summed E-state index contributed by atoms with van der Waals surface area (Å²) in [6.45, 7) is 3.41. The summed E-state index contributed by atoms with van der Waals surface area (Å²) >= 11 is 0. The molecule has 20 heavy (non-hydrogen) atoms. The van der Waals surface area contributed by atoms with Gasteiger partial charge >= 0.3 is 6.18 Å². The Morgan fingerprint density at radius 3 is 2.55 bits per heavy atom. The smallest absolute Gasteiger partial charge is 0.398 e. The predicted molar refractivity (Wildman–Crippen MR) is 72.5 cm³/mol. The number of ether oxygens (including phenoxy) is 1. The minimum Gasteiger partial charge on any atom is -0.398 e. The third-order valence-corrected chi connectivity index (χ3v) is 3.73. The molecular weight excluding hydrogens is 269 g/mol. The fraction of sp³-hybridized carbons (Fsp3) is 0.571. The monoisotopic (exact) mass is 288 g/mol. The van der Waals surface area contributed by atoms with Gasteiger partial charge in [-0.1, -0.05) is 0 Å². The summed E-state index contributed by atoms with van der Waals surface area (Å²) < 4.78 is 43.7. The van der Waals surface area contributed by atoms with Gasteiger partial charge in [0.2, 0.25) is 0 Å². The van der Waals surface area contributed by atoms with Gasteiger partial charge in [0.25, 0.3) is 0 Å². The van der Waals surface area contributed by atoms with Crippen LogP contribution in [0.15, 0.2) is 18.2 Å². The van der Waals surface area contributed by atoms with Gasteiger partial charge in [0.15, 0.2) is 0 Å². The lowest BCUT2D eigenvalue weighted by atomic mass is 9.92. The number of alkyl halides is 3. The Bertz CT molecular complexity index is 456. The highest BCUT2D eigenvalue weighted by Gasteiger charge is 2.33. The van der Waals surface area contributed by atoms with Crippen LogP contribution in [-0.4, -0.2) is 19.3 Å². The Kier molecular flexibility index (Phi) is 4.42. The molecule has 1 fully saturated rings. The number of hydrogen-bond acceptors (Lipinski definition) is 3. The lowest BCUT2D eigenvalue weighted by Gasteiger charge is -2.29. The maximum Gasteiger partial charge on any atom is 0.418 e. The molecule has 1 heterocycles. The predicted octanol–water partition coefficient (Wildman–Crippen LogP) is 3.51. The van der Waals surface area contributed by atoms with Crippen molar-refractivity contribution >= 4 is 11.4 Å². The molecule has 112 valence electrons. The maximum atomic E-state index is 12.8. The van der Waals surface area contributed by atoms with Gasteiger partial charge in [0, 0.05) is 30.6 Å². The lowest BCUT2D eigenvalue weighted by molar-refractivity contribution is -0.136. The Morgan fingerprint density at radius 2 is 1.95 bits per heavy atom. The SMILES string of the molecule is CC(Nc1ccc(N)c(C(F)(F)F)c1)C1CCOCC1. The van der Waals surface area contributed by atoms with Gasteiger partial charge < -0.3 is 15.8 Å². The third kappa shape index (κ3) is 3.56. The zero-order valence-electron chi connectivity index (χ0n) is 11.3. The summed E-state index contributed by atoms with van der Waals surface area (Å²) in [6, 6.07) is 4.05. The van der Waals surface area contributed by atoms with Crippen molar-refractivity contribution in [2.75, 3.05) is 24.3 Å². The summed E-state index contributed by atoms with van der Waals surface area (Å²) in [4.78, 5) is 0. The number of halogens is 3. The summed E-state index contributed by atoms with van der Waals surface area (Å²) in [5, 5.41) is 3.14. The van der Waals surface area contributed by atoms with E-state index in [4.69, 9.17) is 10.5 Å². The quantitative estimate of drug-likeness (QED) is 0.837. The van der Waals surface area contributed by atoms with E-state index in [-0.39, 0.29) is 11.7 Å². The van der Waals surface area contributed by atoms with Crippen molar-refractivity contribution in [2.24, 2.45) is 5.92 Å². The molecule has 1 atom stereocenters. The van der Waals surface area contributed by atoms with Gasteiger partial charge in [0.1, 0.15) is 0 Å². The molecule has 3 N–H and O–H groups in total. The Labute approximate surface area is 116 Å². The van der Waals surface area contributed by atoms with Crippen LogP contribution in [0.2, 0.25) is 0 Å². The molecule has 0 aromatic heterocycles. The molecule has 0 aliphatic carbocycles. The molecule has 0 bridgehead atoms. The standard InChI is InChI=1S/C14H19F3N2O/c1-9(10-4-6-20-7-5-10)19-11-2-3-13(18)12(8-11)14(15,16)17/h2-3,8-10,19H,4-7,18H2,1H3. The van der Waals surface area contributed by atoms with Gasteiger partial charge in [-0.15, -0.1) is 0 Å². The molecule has 1 unspecified atom stereocenters. The first-order chi connectivity index (χ1) is 9.38. The van der Waals surface area contributed by atoms with Crippen LogP contribution in [0.3, 0.4) is 0 Å². The van der Waals surface area contributed by atoms with Crippen molar-refractivity contribution in [3.8, 4) is 0 Å². The summed E-state index contributed by atoms with van der Waals surface area (Å²) in [6.07, 6.45) is -2.58. The molecule has 0 spiro atoms. The van der Waals surface area contributed by atoms with E-state index in [0.717, 1.165) is 18.9 Å². The number of nitrogens with two attached hydrogens (primary N) is 1. The summed E-state index contributed by atoms with van der Waals surface area (Å²) in [5.41, 5.74) is 4.80. The van der Waals surface area contributed by atoms with Gasteiger partial charge in [-0.25, -0.2) is 0 Å². The number of anilines is 2. The normalized spacial score (nSPS) is 18.8. The van der Waals surface area contributed by atoms with Crippen molar-refractivity contribution in [2.45, 2.75) is 32.0 Å². The molecule has 0 radical (unpaired) electrons. The second-order valence-electron chi connectivity index (χ2n) is 5.18. The molecule has 1 aliphatic rings. The fourth-order valence-electron chi connectivity index (χ4n) is 2.49. The number of nitrogen functional groups attached to an aromatic ring is 1. The van der Waals surface area contributed by atoms with Crippen molar-refractivity contribution in [3.63, 3.8) is 0 Å². The van der Waals surface area contributed by atoms with Gasteiger partial charge in [0.05, 0.1) is 5.56 Å². The molecule has 1 saturated heterocycles. The zero-order chi connectivity index (χ0) is 14.8. The maximum absolute atomic E-state index is 12.8. The van der Waals surface area contributed by atoms with Crippen molar-refractivity contribution < 1.29 is 17.9 Å². The highest BCUT2D eigenvalue weighted by molar-refractivity contribution is 5.58. The number of hydrogen-bond donors (Lipinski definition) is 2. The Hall–Kier alpha value is -1.43. The first kappa shape index (κ1) is 15.0. The van der Waals surface area contributed by atoms with Gasteiger partial charge in [-0.05, 0) is 43.9 Å².